The Labute approximate surface area is 121 Å². The molecule has 112 valence electrons. The van der Waals surface area contributed by atoms with Gasteiger partial charge in [0.15, 0.2) is 0 Å². The van der Waals surface area contributed by atoms with Crippen molar-refractivity contribution in [1.82, 2.24) is 0 Å². The highest BCUT2D eigenvalue weighted by Crippen LogP contribution is 2.25. The number of anilines is 1. The highest BCUT2D eigenvalue weighted by atomic mass is 32.2. The molecule has 5 nitrogen and oxygen atoms in total. The van der Waals surface area contributed by atoms with Crippen molar-refractivity contribution < 1.29 is 8.42 Å². The van der Waals surface area contributed by atoms with E-state index in [1.807, 2.05) is 20.8 Å². The molecule has 0 aromatic heterocycles. The Morgan fingerprint density at radius 1 is 1.30 bits per heavy atom. The number of nitrogens with one attached hydrogen (secondary N) is 1. The number of para-hydroxylation sites is 1. The monoisotopic (exact) mass is 297 g/mol. The molecule has 6 heteroatoms. The molecule has 0 bridgehead atoms. The third-order valence-corrected chi connectivity index (χ3v) is 4.81. The zero-order chi connectivity index (χ0) is 15.6. The lowest BCUT2D eigenvalue weighted by molar-refractivity contribution is 0.397. The predicted octanol–water partition coefficient (Wildman–Crippen LogP) is 2.17. The summed E-state index contributed by atoms with van der Waals surface area (Å²) in [6.45, 7) is 6.02. The summed E-state index contributed by atoms with van der Waals surface area (Å²) in [7, 11) is -1.92. The first-order valence-electron chi connectivity index (χ1n) is 6.44. The van der Waals surface area contributed by atoms with E-state index in [9.17, 15) is 8.42 Å². The summed E-state index contributed by atoms with van der Waals surface area (Å²) in [6, 6.07) is 6.77. The van der Waals surface area contributed by atoms with Crippen LogP contribution in [0.2, 0.25) is 0 Å². The van der Waals surface area contributed by atoms with Gasteiger partial charge in [-0.05, 0) is 24.0 Å². The molecule has 3 N–H and O–H groups in total. The zero-order valence-electron chi connectivity index (χ0n) is 12.5. The van der Waals surface area contributed by atoms with Gasteiger partial charge in [-0.3, -0.25) is 9.71 Å². The van der Waals surface area contributed by atoms with Crippen LogP contribution in [0.4, 0.5) is 5.69 Å². The molecule has 0 saturated heterocycles. The average molecular weight is 297 g/mol. The number of hydrogen-bond acceptors (Lipinski definition) is 3. The molecule has 0 fully saturated rings. The van der Waals surface area contributed by atoms with Gasteiger partial charge in [0.2, 0.25) is 10.0 Å². The number of sulfonamides is 1. The maximum absolute atomic E-state index is 12.4. The van der Waals surface area contributed by atoms with Crippen LogP contribution in [0.25, 0.3) is 0 Å². The van der Waals surface area contributed by atoms with Gasteiger partial charge in [0.1, 0.15) is 5.84 Å². The molecule has 20 heavy (non-hydrogen) atoms. The third kappa shape index (κ3) is 4.23. The predicted molar refractivity (Wildman–Crippen MR) is 83.7 cm³/mol. The van der Waals surface area contributed by atoms with Crippen LogP contribution in [0.5, 0.6) is 0 Å². The van der Waals surface area contributed by atoms with Crippen molar-refractivity contribution in [3.05, 3.63) is 29.8 Å². The first-order valence-corrected chi connectivity index (χ1v) is 8.05. The molecule has 0 amide bonds. The van der Waals surface area contributed by atoms with Crippen molar-refractivity contribution in [2.45, 2.75) is 27.2 Å². The molecule has 1 rings (SSSR count). The Balaban J connectivity index is 3.06. The lowest BCUT2D eigenvalue weighted by Gasteiger charge is -2.24. The van der Waals surface area contributed by atoms with E-state index in [2.05, 4.69) is 0 Å². The van der Waals surface area contributed by atoms with E-state index in [-0.39, 0.29) is 17.0 Å². The summed E-state index contributed by atoms with van der Waals surface area (Å²) >= 11 is 0. The first-order chi connectivity index (χ1) is 9.04. The summed E-state index contributed by atoms with van der Waals surface area (Å²) < 4.78 is 26.0. The minimum Gasteiger partial charge on any atom is -0.384 e. The second-order valence-electron chi connectivity index (χ2n) is 6.02. The van der Waals surface area contributed by atoms with Gasteiger partial charge in [-0.25, -0.2) is 8.42 Å². The smallest absolute Gasteiger partial charge is 0.234 e. The van der Waals surface area contributed by atoms with Crippen LogP contribution in [0, 0.1) is 10.8 Å². The minimum atomic E-state index is -3.42. The van der Waals surface area contributed by atoms with Crippen LogP contribution in [-0.2, 0) is 10.0 Å². The standard InChI is InChI=1S/C14H23N3O2S/c1-14(2,3)9-10-20(18,19)17(4)12-8-6-5-7-11(12)13(15)16/h5-8H,9-10H2,1-4H3,(H3,15,16). The molecule has 0 radical (unpaired) electrons. The van der Waals surface area contributed by atoms with Gasteiger partial charge < -0.3 is 5.73 Å². The van der Waals surface area contributed by atoms with Crippen molar-refractivity contribution in [3.63, 3.8) is 0 Å². The third-order valence-electron chi connectivity index (χ3n) is 3.06. The maximum atomic E-state index is 12.4. The normalized spacial score (nSPS) is 12.2. The van der Waals surface area contributed by atoms with Crippen molar-refractivity contribution >= 4 is 21.5 Å². The summed E-state index contributed by atoms with van der Waals surface area (Å²) in [6.07, 6.45) is 0.571. The van der Waals surface area contributed by atoms with Gasteiger partial charge in [0, 0.05) is 12.6 Å². The molecule has 0 aliphatic carbocycles. The first kappa shape index (κ1) is 16.5. The maximum Gasteiger partial charge on any atom is 0.234 e. The molecule has 0 spiro atoms. The summed E-state index contributed by atoms with van der Waals surface area (Å²) in [5.74, 6) is -0.0716. The molecule has 0 aliphatic heterocycles. The molecular weight excluding hydrogens is 274 g/mol. The fraction of sp³-hybridized carbons (Fsp3) is 0.500. The van der Waals surface area contributed by atoms with Crippen LogP contribution in [0.3, 0.4) is 0 Å². The molecule has 1 aromatic carbocycles. The van der Waals surface area contributed by atoms with Crippen molar-refractivity contribution in [2.24, 2.45) is 11.1 Å². The number of benzene rings is 1. The van der Waals surface area contributed by atoms with Crippen LogP contribution in [-0.4, -0.2) is 27.1 Å². The van der Waals surface area contributed by atoms with E-state index >= 15 is 0 Å². The van der Waals surface area contributed by atoms with Gasteiger partial charge in [0.05, 0.1) is 11.4 Å². The topological polar surface area (TPSA) is 87.2 Å². The summed E-state index contributed by atoms with van der Waals surface area (Å²) in [4.78, 5) is 0. The quantitative estimate of drug-likeness (QED) is 0.645. The molecule has 0 atom stereocenters. The number of nitrogens with two attached hydrogens (primary N) is 1. The van der Waals surface area contributed by atoms with Gasteiger partial charge in [-0.15, -0.1) is 0 Å². The van der Waals surface area contributed by atoms with E-state index in [0.29, 0.717) is 17.7 Å². The van der Waals surface area contributed by atoms with E-state index in [0.717, 1.165) is 0 Å². The molecule has 0 unspecified atom stereocenters. The fourth-order valence-electron chi connectivity index (χ4n) is 1.70. The Hall–Kier alpha value is -1.56. The Morgan fingerprint density at radius 3 is 2.35 bits per heavy atom. The van der Waals surface area contributed by atoms with Crippen LogP contribution < -0.4 is 10.0 Å². The number of amidine groups is 1. The lowest BCUT2D eigenvalue weighted by atomic mass is 9.94. The van der Waals surface area contributed by atoms with E-state index in [1.165, 1.54) is 11.4 Å². The van der Waals surface area contributed by atoms with E-state index in [4.69, 9.17) is 11.1 Å². The van der Waals surface area contributed by atoms with Crippen LogP contribution in [0.1, 0.15) is 32.8 Å². The average Bonchev–Trinajstić information content (AvgIpc) is 2.35. The number of hydrogen-bond donors (Lipinski definition) is 2. The lowest BCUT2D eigenvalue weighted by Crippen LogP contribution is -2.32. The highest BCUT2D eigenvalue weighted by molar-refractivity contribution is 7.92. The van der Waals surface area contributed by atoms with Crippen molar-refractivity contribution in [1.29, 1.82) is 5.41 Å². The van der Waals surface area contributed by atoms with Gasteiger partial charge in [-0.1, -0.05) is 32.9 Å². The Bertz CT molecular complexity index is 589. The second-order valence-corrected chi connectivity index (χ2v) is 8.14. The Kier molecular flexibility index (Phi) is 4.81. The minimum absolute atomic E-state index is 0.0476. The van der Waals surface area contributed by atoms with E-state index in [1.54, 1.807) is 24.3 Å². The van der Waals surface area contributed by atoms with E-state index < -0.39 is 10.0 Å². The fourth-order valence-corrected chi connectivity index (χ4v) is 3.30. The van der Waals surface area contributed by atoms with Gasteiger partial charge in [-0.2, -0.15) is 0 Å². The highest BCUT2D eigenvalue weighted by Gasteiger charge is 2.23. The largest absolute Gasteiger partial charge is 0.384 e. The molecule has 0 aliphatic rings. The van der Waals surface area contributed by atoms with Crippen LogP contribution >= 0.6 is 0 Å². The Morgan fingerprint density at radius 2 is 1.85 bits per heavy atom. The SMILES string of the molecule is CN(c1ccccc1C(=N)N)S(=O)(=O)CCC(C)(C)C. The van der Waals surface area contributed by atoms with Gasteiger partial charge in [0.25, 0.3) is 0 Å². The van der Waals surface area contributed by atoms with Crippen molar-refractivity contribution in [2.75, 3.05) is 17.1 Å². The number of nitrogens with zero attached hydrogens (tertiary/aromatic N) is 1. The molecule has 1 aromatic rings. The summed E-state index contributed by atoms with van der Waals surface area (Å²) in [5.41, 5.74) is 6.32. The van der Waals surface area contributed by atoms with Crippen LogP contribution in [0.15, 0.2) is 24.3 Å². The second kappa shape index (κ2) is 5.83. The van der Waals surface area contributed by atoms with Crippen molar-refractivity contribution in [3.8, 4) is 0 Å². The number of rotatable bonds is 5. The molecule has 0 saturated carbocycles. The zero-order valence-corrected chi connectivity index (χ0v) is 13.3. The number of nitrogen functional groups attached to an aromatic ring is 1. The molecular formula is C14H23N3O2S. The summed E-state index contributed by atoms with van der Waals surface area (Å²) in [5, 5.41) is 7.53. The molecule has 0 heterocycles. The van der Waals surface area contributed by atoms with Gasteiger partial charge >= 0.3 is 0 Å².